The number of alkyl halides is 3. The fourth-order valence-electron chi connectivity index (χ4n) is 2.52. The number of nitrogens with zero attached hydrogens (tertiary/aromatic N) is 3. The third-order valence-electron chi connectivity index (χ3n) is 3.47. The molecule has 0 aliphatic carbocycles. The Hall–Kier alpha value is -1.70. The van der Waals surface area contributed by atoms with Crippen molar-refractivity contribution in [1.29, 1.82) is 0 Å². The van der Waals surface area contributed by atoms with Gasteiger partial charge in [-0.25, -0.2) is 0 Å². The van der Waals surface area contributed by atoms with Crippen LogP contribution in [-0.4, -0.2) is 51.5 Å². The highest BCUT2D eigenvalue weighted by molar-refractivity contribution is 5.92. The lowest BCUT2D eigenvalue weighted by molar-refractivity contribution is -0.318. The first kappa shape index (κ1) is 16.7. The molecule has 5 nitrogen and oxygen atoms in total. The van der Waals surface area contributed by atoms with Gasteiger partial charge in [0.2, 0.25) is 0 Å². The Kier molecular flexibility index (Phi) is 3.93. The maximum Gasteiger partial charge on any atom is 0.418 e. The standard InChI is InChI=1S/C14H18F3N3O2/c1-9-5-6-10(19-18-9)11(21)20-7-12(2,3)22-13(4,8-20)14(15,16)17/h5-6H,7-8H2,1-4H3/t13-/m0/s1. The summed E-state index contributed by atoms with van der Waals surface area (Å²) in [6.45, 7) is 5.19. The molecule has 8 heteroatoms. The highest BCUT2D eigenvalue weighted by atomic mass is 19.4. The smallest absolute Gasteiger partial charge is 0.356 e. The average molecular weight is 317 g/mol. The second kappa shape index (κ2) is 5.19. The van der Waals surface area contributed by atoms with Crippen LogP contribution in [0.15, 0.2) is 12.1 Å². The summed E-state index contributed by atoms with van der Waals surface area (Å²) in [4.78, 5) is 13.5. The third kappa shape index (κ3) is 3.21. The Morgan fingerprint density at radius 2 is 1.86 bits per heavy atom. The fourth-order valence-corrected chi connectivity index (χ4v) is 2.52. The molecule has 0 spiro atoms. The number of carbonyl (C=O) groups is 1. The maximum absolute atomic E-state index is 13.3. The minimum Gasteiger partial charge on any atom is -0.356 e. The molecule has 0 N–H and O–H groups in total. The molecule has 122 valence electrons. The Morgan fingerprint density at radius 3 is 2.36 bits per heavy atom. The molecule has 1 amide bonds. The van der Waals surface area contributed by atoms with Crippen LogP contribution in [0, 0.1) is 6.92 Å². The molecule has 0 aromatic carbocycles. The number of aryl methyl sites for hydroxylation is 1. The first-order chi connectivity index (χ1) is 9.94. The Morgan fingerprint density at radius 1 is 1.23 bits per heavy atom. The molecule has 1 fully saturated rings. The molecule has 1 aliphatic heterocycles. The number of rotatable bonds is 1. The van der Waals surface area contributed by atoms with E-state index in [1.54, 1.807) is 13.0 Å². The molecule has 1 aromatic heterocycles. The zero-order valence-electron chi connectivity index (χ0n) is 12.9. The van der Waals surface area contributed by atoms with Gasteiger partial charge in [-0.05, 0) is 39.8 Å². The van der Waals surface area contributed by atoms with Crippen LogP contribution in [-0.2, 0) is 4.74 Å². The van der Waals surface area contributed by atoms with Crippen LogP contribution in [0.3, 0.4) is 0 Å². The van der Waals surface area contributed by atoms with Crippen molar-refractivity contribution in [2.24, 2.45) is 0 Å². The van der Waals surface area contributed by atoms with E-state index in [0.29, 0.717) is 5.69 Å². The van der Waals surface area contributed by atoms with Crippen LogP contribution in [0.5, 0.6) is 0 Å². The van der Waals surface area contributed by atoms with Crippen LogP contribution < -0.4 is 0 Å². The topological polar surface area (TPSA) is 55.3 Å². The summed E-state index contributed by atoms with van der Waals surface area (Å²) in [5.74, 6) is -0.584. The van der Waals surface area contributed by atoms with Gasteiger partial charge in [-0.1, -0.05) is 0 Å². The molecule has 0 saturated carbocycles. The van der Waals surface area contributed by atoms with Gasteiger partial charge in [0.15, 0.2) is 11.3 Å². The van der Waals surface area contributed by atoms with Crippen LogP contribution in [0.4, 0.5) is 13.2 Å². The van der Waals surface area contributed by atoms with E-state index in [-0.39, 0.29) is 12.2 Å². The molecule has 1 atom stereocenters. The van der Waals surface area contributed by atoms with Crippen LogP contribution >= 0.6 is 0 Å². The molecule has 22 heavy (non-hydrogen) atoms. The molecule has 1 aromatic rings. The Balaban J connectivity index is 2.30. The number of ether oxygens (including phenoxy) is 1. The monoisotopic (exact) mass is 317 g/mol. The summed E-state index contributed by atoms with van der Waals surface area (Å²) >= 11 is 0. The number of aromatic nitrogens is 2. The van der Waals surface area contributed by atoms with Gasteiger partial charge >= 0.3 is 6.18 Å². The number of carbonyl (C=O) groups excluding carboxylic acids is 1. The van der Waals surface area contributed by atoms with E-state index in [4.69, 9.17) is 4.74 Å². The molecule has 0 bridgehead atoms. The Labute approximate surface area is 126 Å². The van der Waals surface area contributed by atoms with E-state index in [0.717, 1.165) is 11.8 Å². The van der Waals surface area contributed by atoms with E-state index < -0.39 is 29.8 Å². The molecule has 1 aliphatic rings. The van der Waals surface area contributed by atoms with Crippen molar-refractivity contribution in [1.82, 2.24) is 15.1 Å². The van der Waals surface area contributed by atoms with Gasteiger partial charge in [0.25, 0.3) is 5.91 Å². The van der Waals surface area contributed by atoms with E-state index in [1.807, 2.05) is 0 Å². The molecule has 0 radical (unpaired) electrons. The Bertz CT molecular complexity index is 572. The normalized spacial score (nSPS) is 25.1. The van der Waals surface area contributed by atoms with Crippen molar-refractivity contribution < 1.29 is 22.7 Å². The second-order valence-electron chi connectivity index (χ2n) is 6.31. The molecular weight excluding hydrogens is 299 g/mol. The zero-order valence-corrected chi connectivity index (χ0v) is 12.9. The van der Waals surface area contributed by atoms with Crippen LogP contribution in [0.25, 0.3) is 0 Å². The number of amides is 1. The van der Waals surface area contributed by atoms with Crippen molar-refractivity contribution in [2.75, 3.05) is 13.1 Å². The van der Waals surface area contributed by atoms with Gasteiger partial charge < -0.3 is 9.64 Å². The lowest BCUT2D eigenvalue weighted by Crippen LogP contribution is -2.65. The van der Waals surface area contributed by atoms with Gasteiger partial charge in [0.1, 0.15) is 0 Å². The van der Waals surface area contributed by atoms with E-state index >= 15 is 0 Å². The predicted molar refractivity (Wildman–Crippen MR) is 72.3 cm³/mol. The van der Waals surface area contributed by atoms with Gasteiger partial charge in [0, 0.05) is 6.54 Å². The van der Waals surface area contributed by atoms with Crippen molar-refractivity contribution in [3.8, 4) is 0 Å². The van der Waals surface area contributed by atoms with Crippen molar-refractivity contribution in [3.05, 3.63) is 23.5 Å². The van der Waals surface area contributed by atoms with Gasteiger partial charge in [-0.3, -0.25) is 4.79 Å². The highest BCUT2D eigenvalue weighted by Gasteiger charge is 2.58. The van der Waals surface area contributed by atoms with Crippen LogP contribution in [0.2, 0.25) is 0 Å². The first-order valence-electron chi connectivity index (χ1n) is 6.80. The van der Waals surface area contributed by atoms with E-state index in [2.05, 4.69) is 10.2 Å². The van der Waals surface area contributed by atoms with Crippen molar-refractivity contribution in [2.45, 2.75) is 45.1 Å². The molecule has 2 rings (SSSR count). The molecule has 0 unspecified atom stereocenters. The van der Waals surface area contributed by atoms with E-state index in [1.165, 1.54) is 19.9 Å². The summed E-state index contributed by atoms with van der Waals surface area (Å²) in [7, 11) is 0. The van der Waals surface area contributed by atoms with Crippen molar-refractivity contribution >= 4 is 5.91 Å². The molecular formula is C14H18F3N3O2. The number of hydrogen-bond donors (Lipinski definition) is 0. The number of hydrogen-bond acceptors (Lipinski definition) is 4. The quantitative estimate of drug-likeness (QED) is 0.798. The summed E-state index contributed by atoms with van der Waals surface area (Å²) in [6, 6.07) is 3.05. The summed E-state index contributed by atoms with van der Waals surface area (Å²) in [5.41, 5.74) is -2.88. The summed E-state index contributed by atoms with van der Waals surface area (Å²) < 4.78 is 45.0. The van der Waals surface area contributed by atoms with Gasteiger partial charge in [-0.15, -0.1) is 5.10 Å². The lowest BCUT2D eigenvalue weighted by Gasteiger charge is -2.48. The molecule has 2 heterocycles. The van der Waals surface area contributed by atoms with Crippen molar-refractivity contribution in [3.63, 3.8) is 0 Å². The largest absolute Gasteiger partial charge is 0.418 e. The van der Waals surface area contributed by atoms with Crippen LogP contribution in [0.1, 0.15) is 37.0 Å². The molecule has 1 saturated heterocycles. The second-order valence-corrected chi connectivity index (χ2v) is 6.31. The summed E-state index contributed by atoms with van der Waals surface area (Å²) in [5, 5.41) is 7.51. The minimum atomic E-state index is -4.58. The third-order valence-corrected chi connectivity index (χ3v) is 3.47. The SMILES string of the molecule is Cc1ccc(C(=O)N2CC(C)(C)O[C@](C)(C(F)(F)F)C2)nn1. The minimum absolute atomic E-state index is 0.0211. The van der Waals surface area contributed by atoms with Gasteiger partial charge in [-0.2, -0.15) is 18.3 Å². The average Bonchev–Trinajstić information content (AvgIpc) is 2.35. The van der Waals surface area contributed by atoms with E-state index in [9.17, 15) is 18.0 Å². The number of halogens is 3. The predicted octanol–water partition coefficient (Wildman–Crippen LogP) is 2.36. The first-order valence-corrected chi connectivity index (χ1v) is 6.80. The van der Waals surface area contributed by atoms with Gasteiger partial charge in [0.05, 0.1) is 17.8 Å². The lowest BCUT2D eigenvalue weighted by atomic mass is 9.96. The fraction of sp³-hybridized carbons (Fsp3) is 0.643. The highest BCUT2D eigenvalue weighted by Crippen LogP contribution is 2.40. The zero-order chi connectivity index (χ0) is 16.8. The maximum atomic E-state index is 13.3. The summed E-state index contributed by atoms with van der Waals surface area (Å²) in [6.07, 6.45) is -4.58. The number of morpholine rings is 1.